The van der Waals surface area contributed by atoms with Crippen molar-refractivity contribution < 1.29 is 4.92 Å². The number of nitrogens with one attached hydrogen (secondary N) is 2. The van der Waals surface area contributed by atoms with Crippen molar-refractivity contribution in [3.63, 3.8) is 0 Å². The molecular formula is C13H22N6O2. The van der Waals surface area contributed by atoms with Crippen molar-refractivity contribution in [2.45, 2.75) is 19.3 Å². The van der Waals surface area contributed by atoms with Crippen molar-refractivity contribution in [3.8, 4) is 0 Å². The first-order valence-corrected chi connectivity index (χ1v) is 7.21. The molecule has 0 atom stereocenters. The third kappa shape index (κ3) is 4.25. The summed E-state index contributed by atoms with van der Waals surface area (Å²) in [6.45, 7) is 2.94. The fraction of sp³-hybridized carbons (Fsp3) is 0.692. The highest BCUT2D eigenvalue weighted by molar-refractivity contribution is 5.56. The summed E-state index contributed by atoms with van der Waals surface area (Å²) in [6.07, 6.45) is 4.61. The summed E-state index contributed by atoms with van der Waals surface area (Å²) in [5.41, 5.74) is -0.0858. The molecule has 0 aromatic carbocycles. The van der Waals surface area contributed by atoms with Gasteiger partial charge in [-0.05, 0) is 45.3 Å². The van der Waals surface area contributed by atoms with Crippen molar-refractivity contribution in [1.82, 2.24) is 14.9 Å². The summed E-state index contributed by atoms with van der Waals surface area (Å²) >= 11 is 0. The summed E-state index contributed by atoms with van der Waals surface area (Å²) in [5.74, 6) is 1.34. The molecule has 0 aliphatic carbocycles. The molecule has 1 aliphatic heterocycles. The molecule has 0 spiro atoms. The summed E-state index contributed by atoms with van der Waals surface area (Å²) in [4.78, 5) is 20.9. The van der Waals surface area contributed by atoms with E-state index in [4.69, 9.17) is 0 Å². The second kappa shape index (κ2) is 7.16. The third-order valence-corrected chi connectivity index (χ3v) is 3.87. The molecule has 1 saturated heterocycles. The van der Waals surface area contributed by atoms with Gasteiger partial charge in [-0.15, -0.1) is 0 Å². The van der Waals surface area contributed by atoms with Gasteiger partial charge >= 0.3 is 5.69 Å². The predicted octanol–water partition coefficient (Wildman–Crippen LogP) is 1.57. The molecule has 1 aromatic heterocycles. The van der Waals surface area contributed by atoms with Gasteiger partial charge in [-0.1, -0.05) is 0 Å². The Morgan fingerprint density at radius 1 is 1.48 bits per heavy atom. The molecule has 0 bridgehead atoms. The van der Waals surface area contributed by atoms with Crippen LogP contribution in [0.25, 0.3) is 0 Å². The number of anilines is 2. The van der Waals surface area contributed by atoms with Crippen LogP contribution in [0.15, 0.2) is 6.20 Å². The number of likely N-dealkylation sites (tertiary alicyclic amines) is 1. The van der Waals surface area contributed by atoms with E-state index in [1.807, 2.05) is 0 Å². The van der Waals surface area contributed by atoms with E-state index < -0.39 is 4.92 Å². The van der Waals surface area contributed by atoms with Gasteiger partial charge in [0, 0.05) is 13.6 Å². The van der Waals surface area contributed by atoms with Crippen LogP contribution in [0.1, 0.15) is 19.3 Å². The van der Waals surface area contributed by atoms with Crippen molar-refractivity contribution >= 4 is 17.5 Å². The van der Waals surface area contributed by atoms with E-state index >= 15 is 0 Å². The Bertz CT molecular complexity index is 488. The van der Waals surface area contributed by atoms with Gasteiger partial charge in [-0.3, -0.25) is 10.1 Å². The van der Waals surface area contributed by atoms with Gasteiger partial charge in [0.05, 0.1) is 4.92 Å². The molecule has 2 heterocycles. The van der Waals surface area contributed by atoms with Crippen LogP contribution in [0.3, 0.4) is 0 Å². The van der Waals surface area contributed by atoms with E-state index in [9.17, 15) is 10.1 Å². The first kappa shape index (κ1) is 15.4. The van der Waals surface area contributed by atoms with Crippen molar-refractivity contribution in [1.29, 1.82) is 0 Å². The lowest BCUT2D eigenvalue weighted by atomic mass is 9.94. The number of nitro groups is 1. The molecule has 0 amide bonds. The molecule has 0 radical (unpaired) electrons. The van der Waals surface area contributed by atoms with E-state index in [1.165, 1.54) is 19.0 Å². The lowest BCUT2D eigenvalue weighted by Gasteiger charge is -2.28. The van der Waals surface area contributed by atoms with E-state index in [0.717, 1.165) is 19.5 Å². The third-order valence-electron chi connectivity index (χ3n) is 3.87. The second-order valence-corrected chi connectivity index (χ2v) is 5.40. The Kier molecular flexibility index (Phi) is 5.26. The van der Waals surface area contributed by atoms with Gasteiger partial charge in [-0.25, -0.2) is 4.98 Å². The number of hydrogen-bond acceptors (Lipinski definition) is 7. The van der Waals surface area contributed by atoms with Gasteiger partial charge in [0.1, 0.15) is 6.20 Å². The van der Waals surface area contributed by atoms with Gasteiger partial charge in [0.2, 0.25) is 11.8 Å². The minimum absolute atomic E-state index is 0.0858. The zero-order valence-corrected chi connectivity index (χ0v) is 12.5. The van der Waals surface area contributed by atoms with Crippen LogP contribution in [0.2, 0.25) is 0 Å². The SMILES string of the molecule is CNc1ncc([N+](=O)[O-])c(NCCC2CCN(C)CC2)n1. The van der Waals surface area contributed by atoms with Gasteiger partial charge in [0.15, 0.2) is 0 Å². The number of rotatable bonds is 6. The summed E-state index contributed by atoms with van der Waals surface area (Å²) in [6, 6.07) is 0. The van der Waals surface area contributed by atoms with Gasteiger partial charge in [0.25, 0.3) is 0 Å². The number of nitrogens with zero attached hydrogens (tertiary/aromatic N) is 4. The topological polar surface area (TPSA) is 96.2 Å². The van der Waals surface area contributed by atoms with Crippen LogP contribution in [-0.4, -0.2) is 53.5 Å². The van der Waals surface area contributed by atoms with Crippen LogP contribution >= 0.6 is 0 Å². The standard InChI is InChI=1S/C13H22N6O2/c1-14-13-16-9-11(19(20)21)12(17-13)15-6-3-10-4-7-18(2)8-5-10/h9-10H,3-8H2,1-2H3,(H2,14,15,16,17). The minimum Gasteiger partial charge on any atom is -0.364 e. The van der Waals surface area contributed by atoms with Crippen LogP contribution < -0.4 is 10.6 Å². The zero-order chi connectivity index (χ0) is 15.2. The van der Waals surface area contributed by atoms with E-state index in [0.29, 0.717) is 18.4 Å². The van der Waals surface area contributed by atoms with Crippen LogP contribution in [-0.2, 0) is 0 Å². The molecule has 2 N–H and O–H groups in total. The first-order valence-electron chi connectivity index (χ1n) is 7.21. The molecule has 0 unspecified atom stereocenters. The molecule has 2 rings (SSSR count). The van der Waals surface area contributed by atoms with E-state index in [2.05, 4.69) is 32.5 Å². The summed E-state index contributed by atoms with van der Waals surface area (Å²) in [5, 5.41) is 16.9. The lowest BCUT2D eigenvalue weighted by molar-refractivity contribution is -0.384. The van der Waals surface area contributed by atoms with Crippen LogP contribution in [0.5, 0.6) is 0 Å². The van der Waals surface area contributed by atoms with Crippen molar-refractivity contribution in [2.75, 3.05) is 44.4 Å². The maximum absolute atomic E-state index is 11.0. The summed E-state index contributed by atoms with van der Waals surface area (Å²) in [7, 11) is 3.82. The van der Waals surface area contributed by atoms with Gasteiger partial charge < -0.3 is 15.5 Å². The van der Waals surface area contributed by atoms with E-state index in [-0.39, 0.29) is 11.5 Å². The summed E-state index contributed by atoms with van der Waals surface area (Å²) < 4.78 is 0. The Morgan fingerprint density at radius 3 is 2.81 bits per heavy atom. The zero-order valence-electron chi connectivity index (χ0n) is 12.5. The molecule has 1 aliphatic rings. The van der Waals surface area contributed by atoms with Crippen molar-refractivity contribution in [3.05, 3.63) is 16.3 Å². The molecule has 8 heteroatoms. The predicted molar refractivity (Wildman–Crippen MR) is 81.6 cm³/mol. The largest absolute Gasteiger partial charge is 0.364 e. The molecule has 1 fully saturated rings. The fourth-order valence-electron chi connectivity index (χ4n) is 2.51. The van der Waals surface area contributed by atoms with Gasteiger partial charge in [-0.2, -0.15) is 4.98 Å². The average molecular weight is 294 g/mol. The molecule has 0 saturated carbocycles. The molecular weight excluding hydrogens is 272 g/mol. The Labute approximate surface area is 124 Å². The first-order chi connectivity index (χ1) is 10.1. The fourth-order valence-corrected chi connectivity index (χ4v) is 2.51. The number of piperidine rings is 1. The Morgan fingerprint density at radius 2 is 2.19 bits per heavy atom. The van der Waals surface area contributed by atoms with E-state index in [1.54, 1.807) is 7.05 Å². The highest BCUT2D eigenvalue weighted by Crippen LogP contribution is 2.23. The normalized spacial score (nSPS) is 16.7. The highest BCUT2D eigenvalue weighted by atomic mass is 16.6. The van der Waals surface area contributed by atoms with Crippen LogP contribution in [0, 0.1) is 16.0 Å². The Balaban J connectivity index is 1.91. The smallest absolute Gasteiger partial charge is 0.329 e. The second-order valence-electron chi connectivity index (χ2n) is 5.40. The highest BCUT2D eigenvalue weighted by Gasteiger charge is 2.19. The molecule has 1 aromatic rings. The lowest BCUT2D eigenvalue weighted by Crippen LogP contribution is -2.30. The minimum atomic E-state index is -0.461. The number of aromatic nitrogens is 2. The molecule has 8 nitrogen and oxygen atoms in total. The van der Waals surface area contributed by atoms with Crippen LogP contribution in [0.4, 0.5) is 17.5 Å². The number of hydrogen-bond donors (Lipinski definition) is 2. The quantitative estimate of drug-likeness (QED) is 0.607. The Hall–Kier alpha value is -1.96. The molecule has 21 heavy (non-hydrogen) atoms. The monoisotopic (exact) mass is 294 g/mol. The van der Waals surface area contributed by atoms with Crippen molar-refractivity contribution in [2.24, 2.45) is 5.92 Å². The molecule has 116 valence electrons. The maximum atomic E-state index is 11.0. The maximum Gasteiger partial charge on any atom is 0.329 e. The average Bonchev–Trinajstić information content (AvgIpc) is 2.49.